The summed E-state index contributed by atoms with van der Waals surface area (Å²) in [5.41, 5.74) is 2.32. The number of carbonyl (C=O) groups excluding carboxylic acids is 1. The monoisotopic (exact) mass is 238 g/mol. The molecule has 0 N–H and O–H groups in total. The highest BCUT2D eigenvalue weighted by Gasteiger charge is 1.96. The first kappa shape index (κ1) is 9.82. The highest BCUT2D eigenvalue weighted by molar-refractivity contribution is 9.09. The molecule has 0 fully saturated rings. The number of para-hydroxylation sites is 1. The second kappa shape index (κ2) is 5.39. The van der Waals surface area contributed by atoms with Crippen LogP contribution < -0.4 is 4.74 Å². The van der Waals surface area contributed by atoms with Gasteiger partial charge in [0.05, 0.1) is 5.33 Å². The molecule has 0 aromatic heterocycles. The minimum absolute atomic E-state index is 0.418. The predicted octanol–water partition coefficient (Wildman–Crippen LogP) is 2.33. The number of ether oxygens (including phenoxy) is 1. The third-order valence-electron chi connectivity index (χ3n) is 1.30. The van der Waals surface area contributed by atoms with E-state index >= 15 is 0 Å². The fraction of sp³-hybridized carbons (Fsp3) is 0.100. The maximum atomic E-state index is 10.0. The van der Waals surface area contributed by atoms with E-state index in [4.69, 9.17) is 4.74 Å². The van der Waals surface area contributed by atoms with E-state index in [9.17, 15) is 4.79 Å². The molecular formula is C10H7BrO2. The van der Waals surface area contributed by atoms with Gasteiger partial charge in [0.25, 0.3) is 0 Å². The van der Waals surface area contributed by atoms with E-state index in [0.29, 0.717) is 16.8 Å². The van der Waals surface area contributed by atoms with Gasteiger partial charge in [0.2, 0.25) is 0 Å². The number of rotatable bonds is 3. The summed E-state index contributed by atoms with van der Waals surface area (Å²) in [6.45, 7) is 0. The minimum Gasteiger partial charge on any atom is -0.452 e. The largest absolute Gasteiger partial charge is 0.452 e. The van der Waals surface area contributed by atoms with Crippen molar-refractivity contribution < 1.29 is 9.53 Å². The molecular weight excluding hydrogens is 232 g/mol. The van der Waals surface area contributed by atoms with Crippen molar-refractivity contribution in [3.05, 3.63) is 41.8 Å². The lowest BCUT2D eigenvalue weighted by Crippen LogP contribution is -1.94. The molecule has 3 heteroatoms. The zero-order valence-corrected chi connectivity index (χ0v) is 8.37. The van der Waals surface area contributed by atoms with Crippen molar-refractivity contribution in [3.8, 4) is 5.75 Å². The van der Waals surface area contributed by atoms with Gasteiger partial charge in [-0.2, -0.15) is 0 Å². The molecule has 0 atom stereocenters. The molecule has 0 bridgehead atoms. The van der Waals surface area contributed by atoms with Crippen LogP contribution in [0.4, 0.5) is 0 Å². The average molecular weight is 239 g/mol. The molecule has 0 aliphatic rings. The van der Waals surface area contributed by atoms with Crippen LogP contribution in [0.1, 0.15) is 0 Å². The number of hydrogen-bond acceptors (Lipinski definition) is 2. The number of alkyl halides is 1. The van der Waals surface area contributed by atoms with Gasteiger partial charge in [0, 0.05) is 5.73 Å². The molecule has 1 rings (SSSR count). The van der Waals surface area contributed by atoms with E-state index in [1.165, 1.54) is 0 Å². The maximum absolute atomic E-state index is 10.0. The summed E-state index contributed by atoms with van der Waals surface area (Å²) in [7, 11) is 0. The molecule has 0 aliphatic carbocycles. The van der Waals surface area contributed by atoms with Gasteiger partial charge in [-0.15, -0.1) is 0 Å². The highest BCUT2D eigenvalue weighted by Crippen LogP contribution is 2.12. The Morgan fingerprint density at radius 2 is 2.08 bits per heavy atom. The smallest absolute Gasteiger partial charge is 0.180 e. The molecule has 0 saturated heterocycles. The van der Waals surface area contributed by atoms with Crippen molar-refractivity contribution in [1.29, 1.82) is 0 Å². The van der Waals surface area contributed by atoms with Gasteiger partial charge in [-0.1, -0.05) is 34.1 Å². The first-order chi connectivity index (χ1) is 6.36. The standard InChI is InChI=1S/C10H7BrO2/c11-8-10(6-7-12)13-9-4-2-1-3-5-9/h1-5H,8H2. The summed E-state index contributed by atoms with van der Waals surface area (Å²) in [6.07, 6.45) is 0. The third kappa shape index (κ3) is 3.30. The average Bonchev–Trinajstić information content (AvgIpc) is 2.19. The van der Waals surface area contributed by atoms with Gasteiger partial charge in [-0.05, 0) is 12.1 Å². The Morgan fingerprint density at radius 1 is 1.38 bits per heavy atom. The summed E-state index contributed by atoms with van der Waals surface area (Å²) in [6, 6.07) is 9.20. The molecule has 13 heavy (non-hydrogen) atoms. The van der Waals surface area contributed by atoms with E-state index in [0.717, 1.165) is 0 Å². The molecule has 2 nitrogen and oxygen atoms in total. The summed E-state index contributed by atoms with van der Waals surface area (Å²) in [5.74, 6) is 2.64. The number of hydrogen-bond donors (Lipinski definition) is 0. The van der Waals surface area contributed by atoms with Crippen LogP contribution in [0, 0.1) is 0 Å². The normalized spacial score (nSPS) is 8.38. The lowest BCUT2D eigenvalue weighted by molar-refractivity contribution is 0.433. The Balaban J connectivity index is 2.80. The highest BCUT2D eigenvalue weighted by atomic mass is 79.9. The van der Waals surface area contributed by atoms with Crippen LogP contribution in [-0.2, 0) is 4.79 Å². The van der Waals surface area contributed by atoms with Crippen molar-refractivity contribution in [3.63, 3.8) is 0 Å². The van der Waals surface area contributed by atoms with Crippen LogP contribution in [-0.4, -0.2) is 11.3 Å². The molecule has 0 unspecified atom stereocenters. The Labute approximate surface area is 84.7 Å². The number of benzene rings is 1. The fourth-order valence-electron chi connectivity index (χ4n) is 0.774. The van der Waals surface area contributed by atoms with Crippen LogP contribution in [0.3, 0.4) is 0 Å². The molecule has 66 valence electrons. The first-order valence-corrected chi connectivity index (χ1v) is 4.77. The minimum atomic E-state index is 0.418. The molecule has 1 aromatic carbocycles. The fourth-order valence-corrected chi connectivity index (χ4v) is 1.03. The molecule has 0 aliphatic heterocycles. The van der Waals surface area contributed by atoms with Gasteiger partial charge in [0.15, 0.2) is 11.7 Å². The number of allylic oxidation sites excluding steroid dienone is 1. The Bertz CT molecular complexity index is 346. The van der Waals surface area contributed by atoms with Crippen molar-refractivity contribution in [2.24, 2.45) is 0 Å². The van der Waals surface area contributed by atoms with E-state index in [2.05, 4.69) is 21.7 Å². The Kier molecular flexibility index (Phi) is 4.07. The van der Waals surface area contributed by atoms with E-state index in [-0.39, 0.29) is 0 Å². The van der Waals surface area contributed by atoms with E-state index < -0.39 is 0 Å². The van der Waals surface area contributed by atoms with E-state index in [1.54, 1.807) is 18.1 Å². The molecule has 1 aromatic rings. The Hall–Kier alpha value is -1.27. The van der Waals surface area contributed by atoms with Crippen LogP contribution in [0.25, 0.3) is 0 Å². The Morgan fingerprint density at radius 3 is 2.62 bits per heavy atom. The molecule has 0 heterocycles. The van der Waals surface area contributed by atoms with Crippen molar-refractivity contribution >= 4 is 21.9 Å². The quantitative estimate of drug-likeness (QED) is 0.350. The van der Waals surface area contributed by atoms with Crippen LogP contribution in [0.15, 0.2) is 41.8 Å². The van der Waals surface area contributed by atoms with Gasteiger partial charge >= 0.3 is 0 Å². The van der Waals surface area contributed by atoms with Gasteiger partial charge in [0.1, 0.15) is 5.75 Å². The van der Waals surface area contributed by atoms with Gasteiger partial charge < -0.3 is 4.74 Å². The predicted molar refractivity (Wildman–Crippen MR) is 53.6 cm³/mol. The molecule has 0 amide bonds. The summed E-state index contributed by atoms with van der Waals surface area (Å²) >= 11 is 3.17. The van der Waals surface area contributed by atoms with Crippen LogP contribution in [0.5, 0.6) is 5.75 Å². The second-order valence-electron chi connectivity index (χ2n) is 2.20. The SMILES string of the molecule is O=C=C=C(CBr)Oc1ccccc1. The number of halogens is 1. The first-order valence-electron chi connectivity index (χ1n) is 3.64. The zero-order valence-electron chi connectivity index (χ0n) is 6.79. The molecule has 0 radical (unpaired) electrons. The summed E-state index contributed by atoms with van der Waals surface area (Å²) < 4.78 is 5.30. The second-order valence-corrected chi connectivity index (χ2v) is 2.76. The molecule has 0 saturated carbocycles. The lowest BCUT2D eigenvalue weighted by Gasteiger charge is -2.03. The van der Waals surface area contributed by atoms with Crippen molar-refractivity contribution in [1.82, 2.24) is 0 Å². The van der Waals surface area contributed by atoms with Crippen molar-refractivity contribution in [2.45, 2.75) is 0 Å². The summed E-state index contributed by atoms with van der Waals surface area (Å²) in [5, 5.41) is 0.442. The van der Waals surface area contributed by atoms with Gasteiger partial charge in [-0.25, -0.2) is 4.79 Å². The van der Waals surface area contributed by atoms with Crippen molar-refractivity contribution in [2.75, 3.05) is 5.33 Å². The molecule has 0 spiro atoms. The van der Waals surface area contributed by atoms with Gasteiger partial charge in [-0.3, -0.25) is 0 Å². The van der Waals surface area contributed by atoms with E-state index in [1.807, 2.05) is 18.2 Å². The van der Waals surface area contributed by atoms with Crippen LogP contribution in [0.2, 0.25) is 0 Å². The zero-order chi connectivity index (χ0) is 9.52. The third-order valence-corrected chi connectivity index (χ3v) is 1.81. The topological polar surface area (TPSA) is 26.3 Å². The summed E-state index contributed by atoms with van der Waals surface area (Å²) in [4.78, 5) is 10.0. The van der Waals surface area contributed by atoms with Crippen LogP contribution >= 0.6 is 15.9 Å². The lowest BCUT2D eigenvalue weighted by atomic mass is 10.3. The maximum Gasteiger partial charge on any atom is 0.180 e.